The highest BCUT2D eigenvalue weighted by atomic mass is 32.2. The predicted molar refractivity (Wildman–Crippen MR) is 183 cm³/mol. The van der Waals surface area contributed by atoms with Crippen LogP contribution in [0.2, 0.25) is 0 Å². The quantitative estimate of drug-likeness (QED) is 0.182. The first-order chi connectivity index (χ1) is 21.5. The van der Waals surface area contributed by atoms with Crippen LogP contribution in [-0.2, 0) is 19.3 Å². The van der Waals surface area contributed by atoms with Crippen LogP contribution in [0.4, 0.5) is 5.69 Å². The normalized spacial score (nSPS) is 21.7. The first kappa shape index (κ1) is 37.3. The van der Waals surface area contributed by atoms with Crippen LogP contribution < -0.4 is 9.64 Å². The summed E-state index contributed by atoms with van der Waals surface area (Å²) in [6.45, 7) is 15.3. The van der Waals surface area contributed by atoms with Crippen LogP contribution in [0.15, 0.2) is 47.4 Å². The van der Waals surface area contributed by atoms with Gasteiger partial charge in [0.05, 0.1) is 43.2 Å². The Balaban J connectivity index is 1.67. The Labute approximate surface area is 273 Å². The number of benzene rings is 2. The first-order valence-electron chi connectivity index (χ1n) is 16.9. The number of unbranched alkanes of at least 4 members (excludes halogenated alkanes) is 1. The lowest BCUT2D eigenvalue weighted by Crippen LogP contribution is -2.42. The SMILES string of the molecule is CCCC[C@]1(CC)CS(=O)(=O)c2ccc(N(C)C)cc2[C@@H](c2ccc(OCCOCCOCCN(CC)C(C)CC)cc2)[C@H]1O. The van der Waals surface area contributed by atoms with Crippen molar-refractivity contribution < 1.29 is 27.7 Å². The van der Waals surface area contributed by atoms with Gasteiger partial charge in [-0.3, -0.25) is 4.90 Å². The van der Waals surface area contributed by atoms with Gasteiger partial charge in [0.25, 0.3) is 0 Å². The molecule has 0 saturated carbocycles. The minimum Gasteiger partial charge on any atom is -0.491 e. The van der Waals surface area contributed by atoms with E-state index in [1.165, 1.54) is 0 Å². The fourth-order valence-corrected chi connectivity index (χ4v) is 8.70. The van der Waals surface area contributed by atoms with Crippen molar-refractivity contribution in [1.82, 2.24) is 4.90 Å². The van der Waals surface area contributed by atoms with Gasteiger partial charge in [0, 0.05) is 43.7 Å². The molecule has 0 amide bonds. The summed E-state index contributed by atoms with van der Waals surface area (Å²) in [6.07, 6.45) is 3.33. The van der Waals surface area contributed by atoms with Crippen molar-refractivity contribution in [2.45, 2.75) is 89.7 Å². The van der Waals surface area contributed by atoms with Crippen LogP contribution in [0.5, 0.6) is 5.75 Å². The smallest absolute Gasteiger partial charge is 0.179 e. The molecule has 2 aromatic carbocycles. The first-order valence-corrected chi connectivity index (χ1v) is 18.5. The van der Waals surface area contributed by atoms with E-state index in [0.29, 0.717) is 68.1 Å². The standard InChI is InChI=1S/C36H58N2O6S/c1-8-12-19-36(10-3)27-45(40,41)33-18-15-30(37(6)7)26-32(33)34(35(36)39)29-13-16-31(17-14-29)44-25-24-43-23-22-42-21-20-38(11-4)28(5)9-2/h13-18,26,28,34-35,39H,8-12,19-25,27H2,1-7H3/t28?,34-,35-,36-/m1/s1. The Morgan fingerprint density at radius 1 is 0.956 bits per heavy atom. The molecule has 1 unspecified atom stereocenters. The van der Waals surface area contributed by atoms with Crippen LogP contribution in [-0.4, -0.2) is 96.5 Å². The highest BCUT2D eigenvalue weighted by Gasteiger charge is 2.49. The molecule has 45 heavy (non-hydrogen) atoms. The van der Waals surface area contributed by atoms with E-state index in [1.54, 1.807) is 6.07 Å². The topological polar surface area (TPSA) is 88.5 Å². The third-order valence-electron chi connectivity index (χ3n) is 9.58. The number of ether oxygens (including phenoxy) is 3. The van der Waals surface area contributed by atoms with Crippen LogP contribution in [0.25, 0.3) is 0 Å². The fourth-order valence-electron chi connectivity index (χ4n) is 6.45. The van der Waals surface area contributed by atoms with Crippen molar-refractivity contribution in [2.75, 3.05) is 70.9 Å². The molecule has 254 valence electrons. The number of likely N-dealkylation sites (N-methyl/N-ethyl adjacent to an activating group) is 1. The Kier molecular flexibility index (Phi) is 14.6. The fraction of sp³-hybridized carbons (Fsp3) is 0.667. The molecule has 2 aromatic rings. The third-order valence-corrected chi connectivity index (χ3v) is 11.6. The summed E-state index contributed by atoms with van der Waals surface area (Å²) in [5.41, 5.74) is 1.70. The molecular formula is C36H58N2O6S. The monoisotopic (exact) mass is 646 g/mol. The van der Waals surface area contributed by atoms with E-state index in [1.807, 2.05) is 62.3 Å². The van der Waals surface area contributed by atoms with Crippen molar-refractivity contribution in [3.8, 4) is 5.75 Å². The van der Waals surface area contributed by atoms with E-state index in [9.17, 15) is 13.5 Å². The van der Waals surface area contributed by atoms with Gasteiger partial charge < -0.3 is 24.2 Å². The minimum atomic E-state index is -3.62. The highest BCUT2D eigenvalue weighted by molar-refractivity contribution is 7.91. The Bertz CT molecular complexity index is 1270. The average Bonchev–Trinajstić information content (AvgIpc) is 3.10. The third kappa shape index (κ3) is 9.67. The van der Waals surface area contributed by atoms with E-state index in [0.717, 1.165) is 43.6 Å². The molecule has 0 bridgehead atoms. The second-order valence-electron chi connectivity index (χ2n) is 12.6. The van der Waals surface area contributed by atoms with Crippen molar-refractivity contribution in [2.24, 2.45) is 5.41 Å². The van der Waals surface area contributed by atoms with Crippen molar-refractivity contribution in [3.63, 3.8) is 0 Å². The maximum Gasteiger partial charge on any atom is 0.179 e. The molecule has 1 aliphatic heterocycles. The molecule has 1 aliphatic rings. The summed E-state index contributed by atoms with van der Waals surface area (Å²) in [7, 11) is 0.260. The Morgan fingerprint density at radius 2 is 1.62 bits per heavy atom. The van der Waals surface area contributed by atoms with E-state index >= 15 is 0 Å². The molecule has 1 heterocycles. The Morgan fingerprint density at radius 3 is 2.22 bits per heavy atom. The number of aliphatic hydroxyl groups excluding tert-OH is 1. The predicted octanol–water partition coefficient (Wildman–Crippen LogP) is 6.15. The van der Waals surface area contributed by atoms with Gasteiger partial charge in [0.1, 0.15) is 12.4 Å². The molecule has 0 radical (unpaired) electrons. The van der Waals surface area contributed by atoms with Gasteiger partial charge in [-0.15, -0.1) is 0 Å². The maximum atomic E-state index is 13.8. The summed E-state index contributed by atoms with van der Waals surface area (Å²) >= 11 is 0. The maximum absolute atomic E-state index is 13.8. The molecule has 3 rings (SSSR count). The van der Waals surface area contributed by atoms with Gasteiger partial charge in [-0.1, -0.05) is 52.7 Å². The number of fused-ring (bicyclic) bond motifs is 1. The van der Waals surface area contributed by atoms with Crippen molar-refractivity contribution in [3.05, 3.63) is 53.6 Å². The van der Waals surface area contributed by atoms with Crippen LogP contribution >= 0.6 is 0 Å². The largest absolute Gasteiger partial charge is 0.491 e. The molecule has 0 saturated heterocycles. The van der Waals surface area contributed by atoms with Crippen LogP contribution in [0.3, 0.4) is 0 Å². The molecule has 9 heteroatoms. The van der Waals surface area contributed by atoms with E-state index in [2.05, 4.69) is 32.6 Å². The minimum absolute atomic E-state index is 0.0516. The van der Waals surface area contributed by atoms with Gasteiger partial charge in [0.15, 0.2) is 9.84 Å². The van der Waals surface area contributed by atoms with Crippen molar-refractivity contribution in [1.29, 1.82) is 0 Å². The zero-order valence-corrected chi connectivity index (χ0v) is 29.6. The number of hydrogen-bond donors (Lipinski definition) is 1. The second kappa shape index (κ2) is 17.7. The molecule has 0 aromatic heterocycles. The molecular weight excluding hydrogens is 588 g/mol. The molecule has 8 nitrogen and oxygen atoms in total. The van der Waals surface area contributed by atoms with Gasteiger partial charge in [-0.05, 0) is 74.2 Å². The second-order valence-corrected chi connectivity index (χ2v) is 14.6. The summed E-state index contributed by atoms with van der Waals surface area (Å²) in [6, 6.07) is 13.8. The molecule has 0 spiro atoms. The zero-order valence-electron chi connectivity index (χ0n) is 28.8. The average molecular weight is 647 g/mol. The summed E-state index contributed by atoms with van der Waals surface area (Å²) in [4.78, 5) is 4.71. The lowest BCUT2D eigenvalue weighted by Gasteiger charge is -2.39. The lowest BCUT2D eigenvalue weighted by atomic mass is 9.69. The summed E-state index contributed by atoms with van der Waals surface area (Å²) in [5.74, 6) is 0.166. The van der Waals surface area contributed by atoms with E-state index < -0.39 is 27.3 Å². The summed E-state index contributed by atoms with van der Waals surface area (Å²) in [5, 5.41) is 12.1. The van der Waals surface area contributed by atoms with Crippen LogP contribution in [0, 0.1) is 5.41 Å². The number of sulfone groups is 1. The number of rotatable bonds is 19. The highest BCUT2D eigenvalue weighted by Crippen LogP contribution is 2.49. The molecule has 0 aliphatic carbocycles. The summed E-state index contributed by atoms with van der Waals surface area (Å²) < 4.78 is 45.1. The van der Waals surface area contributed by atoms with Crippen molar-refractivity contribution >= 4 is 15.5 Å². The zero-order chi connectivity index (χ0) is 33.0. The number of anilines is 1. The number of nitrogens with zero attached hydrogens (tertiary/aromatic N) is 2. The van der Waals surface area contributed by atoms with Gasteiger partial charge >= 0.3 is 0 Å². The van der Waals surface area contributed by atoms with Gasteiger partial charge in [-0.2, -0.15) is 0 Å². The molecule has 1 N–H and O–H groups in total. The van der Waals surface area contributed by atoms with Crippen LogP contribution in [0.1, 0.15) is 83.8 Å². The van der Waals surface area contributed by atoms with E-state index in [-0.39, 0.29) is 5.75 Å². The Hall–Kier alpha value is -2.17. The van der Waals surface area contributed by atoms with Gasteiger partial charge in [-0.25, -0.2) is 8.42 Å². The molecule has 4 atom stereocenters. The number of aliphatic hydroxyl groups is 1. The lowest BCUT2D eigenvalue weighted by molar-refractivity contribution is 0.0174. The molecule has 0 fully saturated rings. The number of hydrogen-bond acceptors (Lipinski definition) is 8. The van der Waals surface area contributed by atoms with E-state index in [4.69, 9.17) is 14.2 Å². The van der Waals surface area contributed by atoms with Gasteiger partial charge in [0.2, 0.25) is 0 Å².